The summed E-state index contributed by atoms with van der Waals surface area (Å²) in [6, 6.07) is 8.72. The van der Waals surface area contributed by atoms with E-state index in [1.807, 2.05) is 6.20 Å². The molecule has 0 saturated heterocycles. The van der Waals surface area contributed by atoms with Crippen molar-refractivity contribution in [1.29, 1.82) is 0 Å². The van der Waals surface area contributed by atoms with Crippen LogP contribution in [0.4, 0.5) is 0 Å². The fourth-order valence-electron chi connectivity index (χ4n) is 2.80. The molecule has 2 atom stereocenters. The van der Waals surface area contributed by atoms with Gasteiger partial charge in [-0.1, -0.05) is 42.7 Å². The van der Waals surface area contributed by atoms with E-state index in [9.17, 15) is 5.11 Å². The second-order valence-electron chi connectivity index (χ2n) is 5.84. The fourth-order valence-corrected chi connectivity index (χ4v) is 3.67. The van der Waals surface area contributed by atoms with Gasteiger partial charge in [0, 0.05) is 29.2 Å². The van der Waals surface area contributed by atoms with E-state index in [1.165, 1.54) is 22.4 Å². The third-order valence-corrected chi connectivity index (χ3v) is 5.17. The predicted octanol–water partition coefficient (Wildman–Crippen LogP) is 3.51. The van der Waals surface area contributed by atoms with Crippen LogP contribution < -0.4 is 5.32 Å². The maximum atomic E-state index is 9.98. The summed E-state index contributed by atoms with van der Waals surface area (Å²) >= 11 is 1.73. The Hall–Kier alpha value is -1.23. The number of aryl methyl sites for hydroxylation is 1. The van der Waals surface area contributed by atoms with Crippen LogP contribution in [0.1, 0.15) is 36.1 Å². The lowest BCUT2D eigenvalue weighted by atomic mass is 9.93. The molecule has 0 spiro atoms. The first kappa shape index (κ1) is 14.7. The Balaban J connectivity index is 1.61. The van der Waals surface area contributed by atoms with Crippen LogP contribution in [0.15, 0.2) is 30.5 Å². The molecular formula is C17H22N2OS. The standard InChI is InChI=1S/C17H22N2OS/c1-12-6-8-13(9-7-12)17-19-11-14(21-17)10-18-15-4-2-3-5-16(15)20/h6-9,11,15-16,18,20H,2-5,10H2,1H3. The Kier molecular flexibility index (Phi) is 4.68. The second kappa shape index (κ2) is 6.69. The Labute approximate surface area is 130 Å². The van der Waals surface area contributed by atoms with Gasteiger partial charge in [0.25, 0.3) is 0 Å². The van der Waals surface area contributed by atoms with Gasteiger partial charge in [-0.15, -0.1) is 11.3 Å². The number of nitrogens with zero attached hydrogens (tertiary/aromatic N) is 1. The molecule has 1 aliphatic carbocycles. The van der Waals surface area contributed by atoms with E-state index >= 15 is 0 Å². The van der Waals surface area contributed by atoms with Crippen LogP contribution in [-0.2, 0) is 6.54 Å². The Morgan fingerprint density at radius 3 is 2.76 bits per heavy atom. The zero-order valence-electron chi connectivity index (χ0n) is 12.4. The molecule has 2 unspecified atom stereocenters. The highest BCUT2D eigenvalue weighted by Crippen LogP contribution is 2.26. The van der Waals surface area contributed by atoms with Gasteiger partial charge < -0.3 is 10.4 Å². The molecule has 3 rings (SSSR count). The fraction of sp³-hybridized carbons (Fsp3) is 0.471. The molecule has 0 aliphatic heterocycles. The van der Waals surface area contributed by atoms with E-state index in [0.717, 1.165) is 30.8 Å². The van der Waals surface area contributed by atoms with Gasteiger partial charge in [0.05, 0.1) is 6.10 Å². The van der Waals surface area contributed by atoms with Crippen LogP contribution in [0.25, 0.3) is 10.6 Å². The number of hydrogen-bond donors (Lipinski definition) is 2. The Bertz CT molecular complexity index is 579. The van der Waals surface area contributed by atoms with Crippen molar-refractivity contribution in [3.05, 3.63) is 40.9 Å². The van der Waals surface area contributed by atoms with Crippen molar-refractivity contribution < 1.29 is 5.11 Å². The zero-order chi connectivity index (χ0) is 14.7. The summed E-state index contributed by atoms with van der Waals surface area (Å²) in [5, 5.41) is 14.5. The van der Waals surface area contributed by atoms with Crippen LogP contribution >= 0.6 is 11.3 Å². The molecule has 3 nitrogen and oxygen atoms in total. The van der Waals surface area contributed by atoms with Gasteiger partial charge in [-0.3, -0.25) is 0 Å². The molecule has 0 bridgehead atoms. The smallest absolute Gasteiger partial charge is 0.123 e. The molecule has 1 aromatic carbocycles. The predicted molar refractivity (Wildman–Crippen MR) is 87.4 cm³/mol. The minimum Gasteiger partial charge on any atom is -0.392 e. The second-order valence-corrected chi connectivity index (χ2v) is 6.95. The van der Waals surface area contributed by atoms with Crippen LogP contribution in [0.5, 0.6) is 0 Å². The van der Waals surface area contributed by atoms with Crippen LogP contribution in [-0.4, -0.2) is 22.2 Å². The highest BCUT2D eigenvalue weighted by Gasteiger charge is 2.22. The van der Waals surface area contributed by atoms with E-state index in [1.54, 1.807) is 11.3 Å². The van der Waals surface area contributed by atoms with Crippen LogP contribution in [0.2, 0.25) is 0 Å². The molecule has 1 aliphatic rings. The number of nitrogens with one attached hydrogen (secondary N) is 1. The quantitative estimate of drug-likeness (QED) is 0.908. The minimum absolute atomic E-state index is 0.191. The van der Waals surface area contributed by atoms with E-state index in [2.05, 4.69) is 41.5 Å². The van der Waals surface area contributed by atoms with Gasteiger partial charge in [0.1, 0.15) is 5.01 Å². The number of benzene rings is 1. The van der Waals surface area contributed by atoms with Crippen molar-refractivity contribution in [2.45, 2.75) is 51.3 Å². The molecule has 0 radical (unpaired) electrons. The van der Waals surface area contributed by atoms with Crippen molar-refractivity contribution in [2.24, 2.45) is 0 Å². The number of aromatic nitrogens is 1. The monoisotopic (exact) mass is 302 g/mol. The maximum Gasteiger partial charge on any atom is 0.123 e. The maximum absolute atomic E-state index is 9.98. The topological polar surface area (TPSA) is 45.2 Å². The van der Waals surface area contributed by atoms with Gasteiger partial charge in [0.2, 0.25) is 0 Å². The van der Waals surface area contributed by atoms with Gasteiger partial charge in [0.15, 0.2) is 0 Å². The third-order valence-electron chi connectivity index (χ3n) is 4.12. The molecule has 2 N–H and O–H groups in total. The summed E-state index contributed by atoms with van der Waals surface area (Å²) in [6.45, 7) is 2.89. The highest BCUT2D eigenvalue weighted by molar-refractivity contribution is 7.15. The molecule has 112 valence electrons. The molecule has 1 heterocycles. The highest BCUT2D eigenvalue weighted by atomic mass is 32.1. The van der Waals surface area contributed by atoms with Gasteiger partial charge in [-0.05, 0) is 19.8 Å². The molecule has 21 heavy (non-hydrogen) atoms. The number of aliphatic hydroxyl groups is 1. The summed E-state index contributed by atoms with van der Waals surface area (Å²) in [5.41, 5.74) is 2.44. The lowest BCUT2D eigenvalue weighted by Gasteiger charge is -2.28. The normalized spacial score (nSPS) is 22.4. The summed E-state index contributed by atoms with van der Waals surface area (Å²) in [7, 11) is 0. The van der Waals surface area contributed by atoms with Gasteiger partial charge >= 0.3 is 0 Å². The third kappa shape index (κ3) is 3.70. The SMILES string of the molecule is Cc1ccc(-c2ncc(CNC3CCCCC3O)s2)cc1. The van der Waals surface area contributed by atoms with Crippen molar-refractivity contribution in [3.8, 4) is 10.6 Å². The lowest BCUT2D eigenvalue weighted by Crippen LogP contribution is -2.41. The first-order chi connectivity index (χ1) is 10.2. The summed E-state index contributed by atoms with van der Waals surface area (Å²) in [6.07, 6.45) is 6.12. The summed E-state index contributed by atoms with van der Waals surface area (Å²) in [4.78, 5) is 5.74. The molecule has 1 saturated carbocycles. The Morgan fingerprint density at radius 2 is 2.00 bits per heavy atom. The molecular weight excluding hydrogens is 280 g/mol. The average Bonchev–Trinajstić information content (AvgIpc) is 2.96. The van der Waals surface area contributed by atoms with Crippen molar-refractivity contribution >= 4 is 11.3 Å². The number of hydrogen-bond acceptors (Lipinski definition) is 4. The number of thiazole rings is 1. The lowest BCUT2D eigenvalue weighted by molar-refractivity contribution is 0.0904. The van der Waals surface area contributed by atoms with E-state index in [0.29, 0.717) is 0 Å². The largest absolute Gasteiger partial charge is 0.392 e. The summed E-state index contributed by atoms with van der Waals surface area (Å²) < 4.78 is 0. The summed E-state index contributed by atoms with van der Waals surface area (Å²) in [5.74, 6) is 0. The Morgan fingerprint density at radius 1 is 1.24 bits per heavy atom. The molecule has 1 aromatic heterocycles. The van der Waals surface area contributed by atoms with Crippen LogP contribution in [0.3, 0.4) is 0 Å². The molecule has 4 heteroatoms. The first-order valence-electron chi connectivity index (χ1n) is 7.65. The zero-order valence-corrected chi connectivity index (χ0v) is 13.2. The van der Waals surface area contributed by atoms with E-state index < -0.39 is 0 Å². The molecule has 2 aromatic rings. The molecule has 1 fully saturated rings. The number of aliphatic hydroxyl groups excluding tert-OH is 1. The average molecular weight is 302 g/mol. The van der Waals surface area contributed by atoms with E-state index in [-0.39, 0.29) is 12.1 Å². The van der Waals surface area contributed by atoms with Crippen molar-refractivity contribution in [3.63, 3.8) is 0 Å². The van der Waals surface area contributed by atoms with Crippen molar-refractivity contribution in [2.75, 3.05) is 0 Å². The van der Waals surface area contributed by atoms with Gasteiger partial charge in [-0.2, -0.15) is 0 Å². The van der Waals surface area contributed by atoms with Gasteiger partial charge in [-0.25, -0.2) is 4.98 Å². The minimum atomic E-state index is -0.191. The van der Waals surface area contributed by atoms with Crippen LogP contribution in [0, 0.1) is 6.92 Å². The van der Waals surface area contributed by atoms with E-state index in [4.69, 9.17) is 0 Å². The van der Waals surface area contributed by atoms with Crippen molar-refractivity contribution in [1.82, 2.24) is 10.3 Å². The number of rotatable bonds is 4. The first-order valence-corrected chi connectivity index (χ1v) is 8.47. The molecule has 0 amide bonds.